The van der Waals surface area contributed by atoms with Gasteiger partial charge in [-0.3, -0.25) is 0 Å². The van der Waals surface area contributed by atoms with Crippen molar-refractivity contribution in [2.45, 2.75) is 13.8 Å². The molecule has 0 aliphatic carbocycles. The molecule has 0 atom stereocenters. The Kier molecular flexibility index (Phi) is 2.75. The number of aryl methyl sites for hydroxylation is 2. The van der Waals surface area contributed by atoms with Crippen LogP contribution in [-0.2, 0) is 0 Å². The first-order valence-electron chi connectivity index (χ1n) is 4.49. The molecule has 72 valence electrons. The summed E-state index contributed by atoms with van der Waals surface area (Å²) >= 11 is 5.40. The maximum absolute atomic E-state index is 3.59. The van der Waals surface area contributed by atoms with Gasteiger partial charge in [-0.05, 0) is 42.0 Å². The first-order valence-corrected chi connectivity index (χ1v) is 6.17. The van der Waals surface area contributed by atoms with Crippen LogP contribution in [0, 0.1) is 13.8 Å². The van der Waals surface area contributed by atoms with Gasteiger partial charge in [0.2, 0.25) is 0 Å². The van der Waals surface area contributed by atoms with E-state index >= 15 is 0 Å². The molecule has 0 aliphatic heterocycles. The van der Waals surface area contributed by atoms with Gasteiger partial charge in [0, 0.05) is 9.35 Å². The van der Waals surface area contributed by atoms with E-state index in [0.29, 0.717) is 0 Å². The Morgan fingerprint density at radius 3 is 2.43 bits per heavy atom. The maximum Gasteiger partial charge on any atom is 0.0254 e. The molecule has 0 spiro atoms. The number of hydrogen-bond donors (Lipinski definition) is 0. The second-order valence-electron chi connectivity index (χ2n) is 3.33. The van der Waals surface area contributed by atoms with Gasteiger partial charge in [0.05, 0.1) is 0 Å². The van der Waals surface area contributed by atoms with Crippen molar-refractivity contribution in [3.8, 4) is 11.1 Å². The molecule has 0 amide bonds. The first kappa shape index (κ1) is 9.94. The molecule has 0 unspecified atom stereocenters. The minimum absolute atomic E-state index is 1.17. The molecule has 0 nitrogen and oxygen atoms in total. The van der Waals surface area contributed by atoms with Gasteiger partial charge >= 0.3 is 0 Å². The van der Waals surface area contributed by atoms with E-state index in [1.807, 2.05) is 17.4 Å². The van der Waals surface area contributed by atoms with Gasteiger partial charge in [0.15, 0.2) is 0 Å². The summed E-state index contributed by atoms with van der Waals surface area (Å²) in [6.07, 6.45) is 0. The Labute approximate surface area is 96.7 Å². The lowest BCUT2D eigenvalue weighted by Crippen LogP contribution is -1.81. The Morgan fingerprint density at radius 2 is 1.86 bits per heavy atom. The smallest absolute Gasteiger partial charge is 0.0254 e. The van der Waals surface area contributed by atoms with Gasteiger partial charge in [0.25, 0.3) is 0 Å². The minimum atomic E-state index is 1.17. The van der Waals surface area contributed by atoms with Crippen molar-refractivity contribution in [1.82, 2.24) is 0 Å². The Bertz CT molecular complexity index is 438. The van der Waals surface area contributed by atoms with Crippen LogP contribution < -0.4 is 0 Å². The van der Waals surface area contributed by atoms with Crippen LogP contribution in [-0.4, -0.2) is 0 Å². The molecule has 1 heterocycles. The van der Waals surface area contributed by atoms with E-state index in [1.165, 1.54) is 26.0 Å². The third-order valence-electron chi connectivity index (χ3n) is 2.30. The first-order chi connectivity index (χ1) is 6.70. The van der Waals surface area contributed by atoms with Gasteiger partial charge in [-0.2, -0.15) is 0 Å². The molecular formula is C12H11BrS. The number of halogens is 1. The molecule has 2 heteroatoms. The van der Waals surface area contributed by atoms with Crippen molar-refractivity contribution in [3.63, 3.8) is 0 Å². The number of hydrogen-bond acceptors (Lipinski definition) is 1. The molecule has 0 saturated carbocycles. The SMILES string of the molecule is Cc1csc(C)c1-c1ccccc1Br. The molecule has 0 radical (unpaired) electrons. The summed E-state index contributed by atoms with van der Waals surface area (Å²) in [5.41, 5.74) is 4.03. The summed E-state index contributed by atoms with van der Waals surface area (Å²) < 4.78 is 1.17. The van der Waals surface area contributed by atoms with E-state index in [2.05, 4.69) is 53.4 Å². The molecule has 2 rings (SSSR count). The van der Waals surface area contributed by atoms with E-state index < -0.39 is 0 Å². The molecule has 0 fully saturated rings. The highest BCUT2D eigenvalue weighted by molar-refractivity contribution is 9.10. The van der Waals surface area contributed by atoms with Crippen molar-refractivity contribution < 1.29 is 0 Å². The summed E-state index contributed by atoms with van der Waals surface area (Å²) in [4.78, 5) is 1.38. The zero-order valence-electron chi connectivity index (χ0n) is 8.17. The monoisotopic (exact) mass is 266 g/mol. The van der Waals surface area contributed by atoms with Crippen molar-refractivity contribution in [3.05, 3.63) is 44.6 Å². The largest absolute Gasteiger partial charge is 0.148 e. The summed E-state index contributed by atoms with van der Waals surface area (Å²) in [5, 5.41) is 2.21. The maximum atomic E-state index is 3.59. The lowest BCUT2D eigenvalue weighted by molar-refractivity contribution is 1.47. The van der Waals surface area contributed by atoms with Crippen LogP contribution in [0.5, 0.6) is 0 Å². The minimum Gasteiger partial charge on any atom is -0.148 e. The molecule has 0 saturated heterocycles. The third kappa shape index (κ3) is 1.64. The predicted molar refractivity (Wildman–Crippen MR) is 66.9 cm³/mol. The molecular weight excluding hydrogens is 256 g/mol. The number of thiophene rings is 1. The molecule has 0 bridgehead atoms. The van der Waals surface area contributed by atoms with Gasteiger partial charge in [-0.1, -0.05) is 34.1 Å². The van der Waals surface area contributed by atoms with Crippen molar-refractivity contribution >= 4 is 27.3 Å². The molecule has 1 aromatic carbocycles. The standard InChI is InChI=1S/C12H11BrS/c1-8-7-14-9(2)12(8)10-5-3-4-6-11(10)13/h3-7H,1-2H3. The molecule has 2 aromatic rings. The molecule has 0 aliphatic rings. The molecule has 14 heavy (non-hydrogen) atoms. The second-order valence-corrected chi connectivity index (χ2v) is 5.27. The highest BCUT2D eigenvalue weighted by Crippen LogP contribution is 2.35. The van der Waals surface area contributed by atoms with Crippen LogP contribution in [0.15, 0.2) is 34.1 Å². The van der Waals surface area contributed by atoms with Crippen molar-refractivity contribution in [2.24, 2.45) is 0 Å². The highest BCUT2D eigenvalue weighted by Gasteiger charge is 2.09. The average molecular weight is 267 g/mol. The molecule has 0 N–H and O–H groups in total. The van der Waals surface area contributed by atoms with E-state index in [1.54, 1.807) is 0 Å². The summed E-state index contributed by atoms with van der Waals surface area (Å²) in [5.74, 6) is 0. The van der Waals surface area contributed by atoms with Gasteiger partial charge in [-0.25, -0.2) is 0 Å². The Hall–Kier alpha value is -0.600. The van der Waals surface area contributed by atoms with Crippen LogP contribution in [0.1, 0.15) is 10.4 Å². The summed E-state index contributed by atoms with van der Waals surface area (Å²) in [6.45, 7) is 4.34. The fraction of sp³-hybridized carbons (Fsp3) is 0.167. The van der Waals surface area contributed by atoms with Crippen LogP contribution in [0.25, 0.3) is 11.1 Å². The summed E-state index contributed by atoms with van der Waals surface area (Å²) in [7, 11) is 0. The van der Waals surface area contributed by atoms with Crippen LogP contribution in [0.3, 0.4) is 0 Å². The predicted octanol–water partition coefficient (Wildman–Crippen LogP) is 4.79. The zero-order valence-corrected chi connectivity index (χ0v) is 10.6. The fourth-order valence-electron chi connectivity index (χ4n) is 1.64. The van der Waals surface area contributed by atoms with Gasteiger partial charge in [-0.15, -0.1) is 11.3 Å². The molecule has 1 aromatic heterocycles. The van der Waals surface area contributed by atoms with E-state index in [0.717, 1.165) is 0 Å². The normalized spacial score (nSPS) is 10.5. The Balaban J connectivity index is 2.66. The van der Waals surface area contributed by atoms with E-state index in [4.69, 9.17) is 0 Å². The summed E-state index contributed by atoms with van der Waals surface area (Å²) in [6, 6.07) is 8.37. The second kappa shape index (κ2) is 3.87. The van der Waals surface area contributed by atoms with Crippen LogP contribution in [0.2, 0.25) is 0 Å². The lowest BCUT2D eigenvalue weighted by Gasteiger charge is -2.05. The van der Waals surface area contributed by atoms with Crippen LogP contribution >= 0.6 is 27.3 Å². The average Bonchev–Trinajstić information content (AvgIpc) is 2.48. The van der Waals surface area contributed by atoms with E-state index in [-0.39, 0.29) is 0 Å². The third-order valence-corrected chi connectivity index (χ3v) is 4.02. The van der Waals surface area contributed by atoms with E-state index in [9.17, 15) is 0 Å². The highest BCUT2D eigenvalue weighted by atomic mass is 79.9. The Morgan fingerprint density at radius 1 is 1.14 bits per heavy atom. The number of benzene rings is 1. The topological polar surface area (TPSA) is 0 Å². The lowest BCUT2D eigenvalue weighted by atomic mass is 10.0. The van der Waals surface area contributed by atoms with Gasteiger partial charge < -0.3 is 0 Å². The van der Waals surface area contributed by atoms with Gasteiger partial charge in [0.1, 0.15) is 0 Å². The quantitative estimate of drug-likeness (QED) is 0.696. The van der Waals surface area contributed by atoms with Crippen molar-refractivity contribution in [1.29, 1.82) is 0 Å². The van der Waals surface area contributed by atoms with Crippen LogP contribution in [0.4, 0.5) is 0 Å². The fourth-order valence-corrected chi connectivity index (χ4v) is 2.98. The van der Waals surface area contributed by atoms with Crippen molar-refractivity contribution in [2.75, 3.05) is 0 Å². The zero-order chi connectivity index (χ0) is 10.1. The number of rotatable bonds is 1.